The van der Waals surface area contributed by atoms with Crippen LogP contribution in [-0.2, 0) is 17.8 Å². The minimum absolute atomic E-state index is 0.637. The van der Waals surface area contributed by atoms with Crippen LogP contribution in [0.15, 0.2) is 23.0 Å². The molecule has 2 aromatic rings. The number of hydrogen-bond acceptors (Lipinski definition) is 5. The molecule has 0 unspecified atom stereocenters. The second kappa shape index (κ2) is 5.61. The zero-order valence-electron chi connectivity index (χ0n) is 12.1. The van der Waals surface area contributed by atoms with Crippen LogP contribution >= 0.6 is 0 Å². The fraction of sp³-hybridized carbons (Fsp3) is 0.600. The van der Waals surface area contributed by atoms with Crippen LogP contribution in [-0.4, -0.2) is 45.9 Å². The highest BCUT2D eigenvalue weighted by Gasteiger charge is 2.27. The van der Waals surface area contributed by atoms with E-state index >= 15 is 0 Å². The zero-order valence-corrected chi connectivity index (χ0v) is 12.1. The molecule has 2 aliphatic rings. The molecule has 0 bridgehead atoms. The Labute approximate surface area is 123 Å². The van der Waals surface area contributed by atoms with E-state index < -0.39 is 0 Å². The Balaban J connectivity index is 1.43. The normalized spacial score (nSPS) is 20.0. The molecule has 6 heteroatoms. The van der Waals surface area contributed by atoms with Gasteiger partial charge in [-0.3, -0.25) is 4.90 Å². The van der Waals surface area contributed by atoms with Gasteiger partial charge in [0.05, 0.1) is 32.0 Å². The molecule has 0 N–H and O–H groups in total. The van der Waals surface area contributed by atoms with Gasteiger partial charge in [-0.15, -0.1) is 0 Å². The first-order valence-corrected chi connectivity index (χ1v) is 7.64. The van der Waals surface area contributed by atoms with Gasteiger partial charge < -0.3 is 13.8 Å². The van der Waals surface area contributed by atoms with E-state index in [2.05, 4.69) is 25.7 Å². The summed E-state index contributed by atoms with van der Waals surface area (Å²) in [6, 6.07) is 2.09. The SMILES string of the molecule is c1cn(Cc2cc(C3CC3)no2)c(CN2CCOCC2)n1. The Hall–Kier alpha value is -1.66. The maximum atomic E-state index is 5.45. The first-order valence-electron chi connectivity index (χ1n) is 7.64. The second-order valence-electron chi connectivity index (χ2n) is 5.85. The molecule has 4 rings (SSSR count). The fourth-order valence-corrected chi connectivity index (χ4v) is 2.74. The number of rotatable bonds is 5. The van der Waals surface area contributed by atoms with Gasteiger partial charge in [0.15, 0.2) is 5.76 Å². The molecular weight excluding hydrogens is 268 g/mol. The standard InChI is InChI=1S/C15H20N4O2/c1-2-12(1)14-9-13(21-17-14)10-19-4-3-16-15(19)11-18-5-7-20-8-6-18/h3-4,9,12H,1-2,5-8,10-11H2. The van der Waals surface area contributed by atoms with Crippen LogP contribution in [0.3, 0.4) is 0 Å². The molecule has 2 fully saturated rings. The van der Waals surface area contributed by atoms with Crippen molar-refractivity contribution in [2.75, 3.05) is 26.3 Å². The second-order valence-corrected chi connectivity index (χ2v) is 5.85. The topological polar surface area (TPSA) is 56.3 Å². The van der Waals surface area contributed by atoms with Crippen LogP contribution in [0.5, 0.6) is 0 Å². The summed E-state index contributed by atoms with van der Waals surface area (Å²) >= 11 is 0. The summed E-state index contributed by atoms with van der Waals surface area (Å²) in [6.45, 7) is 5.14. The number of imidazole rings is 1. The summed E-state index contributed by atoms with van der Waals surface area (Å²) in [4.78, 5) is 6.85. The lowest BCUT2D eigenvalue weighted by Gasteiger charge is -2.26. The van der Waals surface area contributed by atoms with Crippen LogP contribution in [0, 0.1) is 0 Å². The summed E-state index contributed by atoms with van der Waals surface area (Å²) in [5.41, 5.74) is 1.11. The number of aromatic nitrogens is 3. The van der Waals surface area contributed by atoms with E-state index in [1.807, 2.05) is 12.4 Å². The molecule has 112 valence electrons. The largest absolute Gasteiger partial charge is 0.379 e. The first-order chi connectivity index (χ1) is 10.4. The molecule has 0 atom stereocenters. The number of ether oxygens (including phenoxy) is 1. The lowest BCUT2D eigenvalue weighted by atomic mass is 10.3. The molecule has 1 saturated heterocycles. The van der Waals surface area contributed by atoms with Crippen molar-refractivity contribution in [3.63, 3.8) is 0 Å². The van der Waals surface area contributed by atoms with Crippen molar-refractivity contribution in [2.45, 2.75) is 31.8 Å². The van der Waals surface area contributed by atoms with Crippen LogP contribution < -0.4 is 0 Å². The summed E-state index contributed by atoms with van der Waals surface area (Å²) in [7, 11) is 0. The van der Waals surface area contributed by atoms with Crippen molar-refractivity contribution in [2.24, 2.45) is 0 Å². The molecule has 0 amide bonds. The van der Waals surface area contributed by atoms with E-state index in [0.29, 0.717) is 12.5 Å². The minimum atomic E-state index is 0.637. The zero-order chi connectivity index (χ0) is 14.1. The van der Waals surface area contributed by atoms with E-state index in [-0.39, 0.29) is 0 Å². The van der Waals surface area contributed by atoms with Gasteiger partial charge in [0, 0.05) is 37.5 Å². The van der Waals surface area contributed by atoms with E-state index in [0.717, 1.165) is 50.1 Å². The Morgan fingerprint density at radius 3 is 2.86 bits per heavy atom. The van der Waals surface area contributed by atoms with Gasteiger partial charge in [-0.25, -0.2) is 4.98 Å². The minimum Gasteiger partial charge on any atom is -0.379 e. The molecule has 2 aromatic heterocycles. The summed E-state index contributed by atoms with van der Waals surface area (Å²) in [5.74, 6) is 2.62. The summed E-state index contributed by atoms with van der Waals surface area (Å²) in [5, 5.41) is 4.17. The third kappa shape index (κ3) is 3.01. The Morgan fingerprint density at radius 1 is 1.19 bits per heavy atom. The van der Waals surface area contributed by atoms with E-state index in [1.165, 1.54) is 12.8 Å². The van der Waals surface area contributed by atoms with Gasteiger partial charge in [-0.2, -0.15) is 0 Å². The van der Waals surface area contributed by atoms with Crippen LogP contribution in [0.2, 0.25) is 0 Å². The van der Waals surface area contributed by atoms with E-state index in [1.54, 1.807) is 0 Å². The van der Waals surface area contributed by atoms with E-state index in [9.17, 15) is 0 Å². The quantitative estimate of drug-likeness (QED) is 0.837. The molecule has 1 aliphatic heterocycles. The lowest BCUT2D eigenvalue weighted by Crippen LogP contribution is -2.36. The molecule has 0 spiro atoms. The highest BCUT2D eigenvalue weighted by molar-refractivity contribution is 5.16. The Bertz CT molecular complexity index is 596. The highest BCUT2D eigenvalue weighted by Crippen LogP contribution is 2.39. The number of nitrogens with zero attached hydrogens (tertiary/aromatic N) is 4. The summed E-state index contributed by atoms with van der Waals surface area (Å²) < 4.78 is 13.0. The molecule has 0 aromatic carbocycles. The van der Waals surface area contributed by atoms with Crippen LogP contribution in [0.4, 0.5) is 0 Å². The maximum Gasteiger partial charge on any atom is 0.156 e. The van der Waals surface area contributed by atoms with Gasteiger partial charge in [0.2, 0.25) is 0 Å². The fourth-order valence-electron chi connectivity index (χ4n) is 2.74. The Kier molecular flexibility index (Phi) is 3.48. The predicted molar refractivity (Wildman–Crippen MR) is 75.9 cm³/mol. The number of morpholine rings is 1. The van der Waals surface area contributed by atoms with Gasteiger partial charge in [-0.05, 0) is 12.8 Å². The Morgan fingerprint density at radius 2 is 2.05 bits per heavy atom. The average Bonchev–Trinajstić information content (AvgIpc) is 3.12. The van der Waals surface area contributed by atoms with Crippen LogP contribution in [0.1, 0.15) is 36.0 Å². The van der Waals surface area contributed by atoms with Crippen molar-refractivity contribution < 1.29 is 9.26 Å². The number of hydrogen-bond donors (Lipinski definition) is 0. The average molecular weight is 288 g/mol. The molecule has 21 heavy (non-hydrogen) atoms. The first kappa shape index (κ1) is 13.0. The monoisotopic (exact) mass is 288 g/mol. The maximum absolute atomic E-state index is 5.45. The van der Waals surface area contributed by atoms with Crippen LogP contribution in [0.25, 0.3) is 0 Å². The van der Waals surface area contributed by atoms with Crippen molar-refractivity contribution >= 4 is 0 Å². The van der Waals surface area contributed by atoms with Gasteiger partial charge in [0.1, 0.15) is 5.82 Å². The third-order valence-corrected chi connectivity index (χ3v) is 4.17. The molecular formula is C15H20N4O2. The van der Waals surface area contributed by atoms with Gasteiger partial charge in [0.25, 0.3) is 0 Å². The lowest BCUT2D eigenvalue weighted by molar-refractivity contribution is 0.0326. The molecule has 0 radical (unpaired) electrons. The molecule has 6 nitrogen and oxygen atoms in total. The summed E-state index contributed by atoms with van der Waals surface area (Å²) in [6.07, 6.45) is 6.36. The molecule has 1 aliphatic carbocycles. The smallest absolute Gasteiger partial charge is 0.156 e. The van der Waals surface area contributed by atoms with Gasteiger partial charge >= 0.3 is 0 Å². The third-order valence-electron chi connectivity index (χ3n) is 4.17. The van der Waals surface area contributed by atoms with E-state index in [4.69, 9.17) is 9.26 Å². The van der Waals surface area contributed by atoms with Gasteiger partial charge in [-0.1, -0.05) is 5.16 Å². The highest BCUT2D eigenvalue weighted by atomic mass is 16.5. The van der Waals surface area contributed by atoms with Crippen molar-refractivity contribution in [1.29, 1.82) is 0 Å². The molecule has 1 saturated carbocycles. The predicted octanol–water partition coefficient (Wildman–Crippen LogP) is 1.63. The van der Waals surface area contributed by atoms with Crippen molar-refractivity contribution in [1.82, 2.24) is 19.6 Å². The van der Waals surface area contributed by atoms with Crippen molar-refractivity contribution in [3.05, 3.63) is 35.7 Å². The van der Waals surface area contributed by atoms with Crippen molar-refractivity contribution in [3.8, 4) is 0 Å². The molecule has 3 heterocycles.